The van der Waals surface area contributed by atoms with Gasteiger partial charge in [-0.05, 0) is 38.3 Å². The Bertz CT molecular complexity index is 1160. The van der Waals surface area contributed by atoms with Crippen molar-refractivity contribution >= 4 is 10.9 Å². The van der Waals surface area contributed by atoms with Crippen LogP contribution in [0.1, 0.15) is 50.1 Å². The summed E-state index contributed by atoms with van der Waals surface area (Å²) in [6.07, 6.45) is -4.61. The van der Waals surface area contributed by atoms with Gasteiger partial charge in [-0.1, -0.05) is 25.1 Å². The number of ether oxygens (including phenoxy) is 1. The molecule has 3 nitrogen and oxygen atoms in total. The van der Waals surface area contributed by atoms with Gasteiger partial charge in [0.25, 0.3) is 0 Å². The van der Waals surface area contributed by atoms with Gasteiger partial charge in [0, 0.05) is 40.8 Å². The number of alkyl halides is 4. The van der Waals surface area contributed by atoms with Gasteiger partial charge in [-0.15, -0.1) is 0 Å². The zero-order valence-corrected chi connectivity index (χ0v) is 19.1. The van der Waals surface area contributed by atoms with Gasteiger partial charge in [0.1, 0.15) is 29.1 Å². The number of aromatic nitrogens is 1. The van der Waals surface area contributed by atoms with Crippen LogP contribution in [0.5, 0.6) is 5.75 Å². The van der Waals surface area contributed by atoms with Crippen molar-refractivity contribution in [2.24, 2.45) is 0 Å². The summed E-state index contributed by atoms with van der Waals surface area (Å²) in [4.78, 5) is 3.88. The van der Waals surface area contributed by atoms with E-state index in [0.29, 0.717) is 22.9 Å². The molecule has 0 amide bonds. The van der Waals surface area contributed by atoms with Crippen LogP contribution < -0.4 is 4.74 Å². The summed E-state index contributed by atoms with van der Waals surface area (Å²) in [6, 6.07) is 5.03. The number of para-hydroxylation sites is 1. The third-order valence-electron chi connectivity index (χ3n) is 5.98. The highest BCUT2D eigenvalue weighted by Gasteiger charge is 2.52. The van der Waals surface area contributed by atoms with Crippen LogP contribution >= 0.6 is 0 Å². The molecule has 3 aromatic rings. The Hall–Kier alpha value is -2.68. The highest BCUT2D eigenvalue weighted by atomic mass is 19.4. The molecule has 2 heterocycles. The van der Waals surface area contributed by atoms with E-state index in [4.69, 9.17) is 4.74 Å². The van der Waals surface area contributed by atoms with Crippen LogP contribution in [-0.4, -0.2) is 40.9 Å². The number of benzene rings is 2. The van der Waals surface area contributed by atoms with Crippen molar-refractivity contribution in [3.8, 4) is 5.75 Å². The first-order chi connectivity index (χ1) is 15.9. The lowest BCUT2D eigenvalue weighted by Crippen LogP contribution is -2.55. The van der Waals surface area contributed by atoms with E-state index in [9.17, 15) is 17.6 Å². The molecule has 1 N–H and O–H groups in total. The highest BCUT2D eigenvalue weighted by molar-refractivity contribution is 5.85. The van der Waals surface area contributed by atoms with Crippen molar-refractivity contribution in [3.63, 3.8) is 0 Å². The zero-order chi connectivity index (χ0) is 24.8. The molecule has 184 valence electrons. The second-order valence-electron chi connectivity index (χ2n) is 9.27. The lowest BCUT2D eigenvalue weighted by Gasteiger charge is -2.44. The summed E-state index contributed by atoms with van der Waals surface area (Å²) in [5, 5.41) is 0.541. The van der Waals surface area contributed by atoms with E-state index in [1.54, 1.807) is 24.3 Å². The predicted octanol–water partition coefficient (Wildman–Crippen LogP) is 6.86. The fraction of sp³-hybridized carbons (Fsp3) is 0.440. The summed E-state index contributed by atoms with van der Waals surface area (Å²) in [5.74, 6) is -2.16. The van der Waals surface area contributed by atoms with E-state index >= 15 is 8.78 Å². The first-order valence-electron chi connectivity index (χ1n) is 11.1. The molecule has 0 aliphatic carbocycles. The molecule has 34 heavy (non-hydrogen) atoms. The molecule has 0 radical (unpaired) electrons. The average molecular weight is 484 g/mol. The van der Waals surface area contributed by atoms with E-state index < -0.39 is 54.1 Å². The maximum atomic E-state index is 15.4. The van der Waals surface area contributed by atoms with Crippen molar-refractivity contribution in [3.05, 3.63) is 64.9 Å². The molecule has 0 saturated heterocycles. The molecular weight excluding hydrogens is 458 g/mol. The third-order valence-corrected chi connectivity index (χ3v) is 5.98. The van der Waals surface area contributed by atoms with Crippen LogP contribution in [0.3, 0.4) is 0 Å². The van der Waals surface area contributed by atoms with Crippen molar-refractivity contribution in [1.82, 2.24) is 9.88 Å². The van der Waals surface area contributed by atoms with Crippen LogP contribution in [0.15, 0.2) is 36.4 Å². The van der Waals surface area contributed by atoms with Crippen molar-refractivity contribution in [2.75, 3.05) is 13.2 Å². The summed E-state index contributed by atoms with van der Waals surface area (Å²) >= 11 is 0. The Morgan fingerprint density at radius 2 is 1.71 bits per heavy atom. The van der Waals surface area contributed by atoms with Crippen molar-refractivity contribution in [2.45, 2.75) is 57.5 Å². The number of nitrogens with zero attached hydrogens (tertiary/aromatic N) is 1. The molecule has 0 spiro atoms. The van der Waals surface area contributed by atoms with Gasteiger partial charge in [0.2, 0.25) is 0 Å². The van der Waals surface area contributed by atoms with Crippen molar-refractivity contribution < 1.29 is 31.1 Å². The molecule has 0 saturated carbocycles. The topological polar surface area (TPSA) is 28.3 Å². The van der Waals surface area contributed by atoms with Gasteiger partial charge in [-0.2, -0.15) is 13.2 Å². The van der Waals surface area contributed by atoms with Gasteiger partial charge >= 0.3 is 6.18 Å². The van der Waals surface area contributed by atoms with Crippen LogP contribution in [0.25, 0.3) is 10.9 Å². The number of aromatic amines is 1. The van der Waals surface area contributed by atoms with Gasteiger partial charge in [0.15, 0.2) is 0 Å². The summed E-state index contributed by atoms with van der Waals surface area (Å²) in [7, 11) is 0. The monoisotopic (exact) mass is 484 g/mol. The Morgan fingerprint density at radius 1 is 1.06 bits per heavy atom. The molecule has 0 fully saturated rings. The first-order valence-corrected chi connectivity index (χ1v) is 11.1. The second-order valence-corrected chi connectivity index (χ2v) is 9.27. The minimum Gasteiger partial charge on any atom is -0.493 e. The van der Waals surface area contributed by atoms with E-state index in [2.05, 4.69) is 4.98 Å². The van der Waals surface area contributed by atoms with Crippen molar-refractivity contribution in [1.29, 1.82) is 0 Å². The Balaban J connectivity index is 1.97. The molecule has 2 atom stereocenters. The van der Waals surface area contributed by atoms with E-state index in [1.165, 1.54) is 0 Å². The maximum absolute atomic E-state index is 15.4. The summed E-state index contributed by atoms with van der Waals surface area (Å²) < 4.78 is 93.7. The molecule has 1 aromatic heterocycles. The van der Waals surface area contributed by atoms with Gasteiger partial charge in [0.05, 0.1) is 12.6 Å². The molecule has 1 aliphatic rings. The van der Waals surface area contributed by atoms with E-state index in [0.717, 1.165) is 30.9 Å². The Kier molecular flexibility index (Phi) is 6.35. The molecule has 2 unspecified atom stereocenters. The number of hydrogen-bond donors (Lipinski definition) is 1. The highest BCUT2D eigenvalue weighted by Crippen LogP contribution is 2.47. The average Bonchev–Trinajstić information content (AvgIpc) is 3.09. The zero-order valence-electron chi connectivity index (χ0n) is 19.1. The maximum Gasteiger partial charge on any atom is 0.404 e. The Morgan fingerprint density at radius 3 is 2.29 bits per heavy atom. The van der Waals surface area contributed by atoms with E-state index in [-0.39, 0.29) is 18.1 Å². The molecule has 2 aromatic carbocycles. The molecule has 4 rings (SSSR count). The lowest BCUT2D eigenvalue weighted by molar-refractivity contribution is -0.195. The molecule has 9 heteroatoms. The minimum atomic E-state index is -4.75. The Labute approximate surface area is 193 Å². The standard InChI is InChI=1S/C25H26F6N2O/c1-4-9-34-14-10-17(26)21(18(27)11-14)23-22-16(15-7-5-6-8-19(15)32-22)12-20(25(29,30)31)33(23)13-24(2,3)28/h5-8,10-11,20,23,32H,4,9,12-13H2,1-3H3. The van der Waals surface area contributed by atoms with Crippen LogP contribution in [0.4, 0.5) is 26.3 Å². The van der Waals surface area contributed by atoms with Crippen LogP contribution in [-0.2, 0) is 6.42 Å². The third kappa shape index (κ3) is 4.62. The number of hydrogen-bond acceptors (Lipinski definition) is 2. The molecule has 0 bridgehead atoms. The smallest absolute Gasteiger partial charge is 0.404 e. The number of fused-ring (bicyclic) bond motifs is 3. The normalized spacial score (nSPS) is 19.4. The van der Waals surface area contributed by atoms with Gasteiger partial charge in [-0.3, -0.25) is 4.90 Å². The number of nitrogens with one attached hydrogen (secondary N) is 1. The molecule has 1 aliphatic heterocycles. The van der Waals surface area contributed by atoms with Gasteiger partial charge in [-0.25, -0.2) is 13.2 Å². The fourth-order valence-corrected chi connectivity index (χ4v) is 4.71. The summed E-state index contributed by atoms with van der Waals surface area (Å²) in [6.45, 7) is 3.67. The second kappa shape index (κ2) is 8.83. The quantitative estimate of drug-likeness (QED) is 0.387. The summed E-state index contributed by atoms with van der Waals surface area (Å²) in [5.41, 5.74) is -1.53. The lowest BCUT2D eigenvalue weighted by atomic mass is 9.86. The largest absolute Gasteiger partial charge is 0.493 e. The SMILES string of the molecule is CCCOc1cc(F)c(C2c3[nH]c4ccccc4c3CC(C(F)(F)F)N2CC(C)(C)F)c(F)c1. The number of rotatable bonds is 6. The molecular formula is C25H26F6N2O. The minimum absolute atomic E-state index is 0.0574. The van der Waals surface area contributed by atoms with Crippen LogP contribution in [0, 0.1) is 11.6 Å². The fourth-order valence-electron chi connectivity index (χ4n) is 4.71. The number of halogens is 6. The number of H-pyrrole nitrogens is 1. The van der Waals surface area contributed by atoms with Crippen LogP contribution in [0.2, 0.25) is 0 Å². The predicted molar refractivity (Wildman–Crippen MR) is 118 cm³/mol. The first kappa shape index (κ1) is 24.4. The van der Waals surface area contributed by atoms with E-state index in [1.807, 2.05) is 6.92 Å². The van der Waals surface area contributed by atoms with Gasteiger partial charge < -0.3 is 9.72 Å².